The van der Waals surface area contributed by atoms with Crippen LogP contribution in [0.25, 0.3) is 0 Å². The number of methoxy groups -OCH3 is 1. The molecule has 1 aliphatic heterocycles. The van der Waals surface area contributed by atoms with E-state index in [4.69, 9.17) is 10.5 Å². The molecule has 0 radical (unpaired) electrons. The number of hydrogen-bond donors (Lipinski definition) is 1. The van der Waals surface area contributed by atoms with Crippen molar-refractivity contribution in [3.05, 3.63) is 12.1 Å². The lowest BCUT2D eigenvalue weighted by molar-refractivity contribution is -0.0221. The molecule has 4 nitrogen and oxygen atoms in total. The first-order valence-electron chi connectivity index (χ1n) is 5.45. The molecule has 94 valence electrons. The van der Waals surface area contributed by atoms with Crippen molar-refractivity contribution in [3.8, 4) is 5.75 Å². The first-order chi connectivity index (χ1) is 8.02. The average molecular weight is 243 g/mol. The van der Waals surface area contributed by atoms with Gasteiger partial charge in [0.25, 0.3) is 5.92 Å². The summed E-state index contributed by atoms with van der Waals surface area (Å²) in [5.74, 6) is -1.15. The van der Waals surface area contributed by atoms with Crippen LogP contribution in [0.3, 0.4) is 0 Å². The molecule has 1 aliphatic rings. The zero-order chi connectivity index (χ0) is 12.5. The molecule has 0 unspecified atom stereocenters. The minimum absolute atomic E-state index is 0.138. The summed E-state index contributed by atoms with van der Waals surface area (Å²) < 4.78 is 31.0. The number of nitrogen functional groups attached to an aromatic ring is 1. The molecule has 0 aliphatic carbocycles. The molecule has 17 heavy (non-hydrogen) atoms. The Kier molecular flexibility index (Phi) is 3.04. The highest BCUT2D eigenvalue weighted by Crippen LogP contribution is 2.31. The average Bonchev–Trinajstić information content (AvgIpc) is 2.29. The summed E-state index contributed by atoms with van der Waals surface area (Å²) >= 11 is 0. The highest BCUT2D eigenvalue weighted by molar-refractivity contribution is 5.53. The SMILES string of the molecule is COc1ccc(N2CCC(F)(F)CC2)nc1N. The molecule has 2 N–H and O–H groups in total. The summed E-state index contributed by atoms with van der Waals surface area (Å²) in [6, 6.07) is 3.43. The predicted octanol–water partition coefficient (Wildman–Crippen LogP) is 1.91. The van der Waals surface area contributed by atoms with Crippen molar-refractivity contribution in [1.29, 1.82) is 0 Å². The molecule has 1 aromatic rings. The van der Waals surface area contributed by atoms with Crippen LogP contribution in [0.5, 0.6) is 5.75 Å². The summed E-state index contributed by atoms with van der Waals surface area (Å²) in [6.07, 6.45) is -0.277. The Morgan fingerprint density at radius 1 is 1.35 bits per heavy atom. The van der Waals surface area contributed by atoms with Crippen molar-refractivity contribution in [2.75, 3.05) is 30.8 Å². The van der Waals surface area contributed by atoms with Crippen LogP contribution in [0.1, 0.15) is 12.8 Å². The maximum Gasteiger partial charge on any atom is 0.251 e. The quantitative estimate of drug-likeness (QED) is 0.862. The molecule has 1 saturated heterocycles. The smallest absolute Gasteiger partial charge is 0.251 e. The van der Waals surface area contributed by atoms with E-state index in [0.29, 0.717) is 24.7 Å². The van der Waals surface area contributed by atoms with Gasteiger partial charge in [-0.15, -0.1) is 0 Å². The van der Waals surface area contributed by atoms with Gasteiger partial charge in [0, 0.05) is 25.9 Å². The summed E-state index contributed by atoms with van der Waals surface area (Å²) in [6.45, 7) is 0.595. The number of nitrogens with zero attached hydrogens (tertiary/aromatic N) is 2. The molecule has 0 spiro atoms. The normalized spacial score (nSPS) is 19.1. The standard InChI is InChI=1S/C11H15F2N3O/c1-17-8-2-3-9(15-10(8)14)16-6-4-11(12,13)5-7-16/h2-3H,4-7H2,1H3,(H2,14,15). The summed E-state index contributed by atoms with van der Waals surface area (Å²) in [5.41, 5.74) is 5.68. The minimum atomic E-state index is -2.55. The summed E-state index contributed by atoms with van der Waals surface area (Å²) in [7, 11) is 1.51. The van der Waals surface area contributed by atoms with Gasteiger partial charge in [-0.25, -0.2) is 13.8 Å². The number of pyridine rings is 1. The first-order valence-corrected chi connectivity index (χ1v) is 5.45. The van der Waals surface area contributed by atoms with E-state index in [1.807, 2.05) is 4.90 Å². The lowest BCUT2D eigenvalue weighted by Crippen LogP contribution is -2.39. The molecule has 2 heterocycles. The Bertz CT molecular complexity index is 402. The maximum absolute atomic E-state index is 13.0. The van der Waals surface area contributed by atoms with Gasteiger partial charge in [-0.05, 0) is 12.1 Å². The number of ether oxygens (including phenoxy) is 1. The van der Waals surface area contributed by atoms with Crippen molar-refractivity contribution in [2.24, 2.45) is 0 Å². The van der Waals surface area contributed by atoms with Gasteiger partial charge in [0.2, 0.25) is 0 Å². The second-order valence-electron chi connectivity index (χ2n) is 4.10. The van der Waals surface area contributed by atoms with Crippen molar-refractivity contribution in [3.63, 3.8) is 0 Å². The summed E-state index contributed by atoms with van der Waals surface area (Å²) in [5, 5.41) is 0. The molecule has 0 amide bonds. The van der Waals surface area contributed by atoms with E-state index >= 15 is 0 Å². The van der Waals surface area contributed by atoms with Crippen LogP contribution in [0.2, 0.25) is 0 Å². The van der Waals surface area contributed by atoms with E-state index < -0.39 is 5.92 Å². The molecule has 0 saturated carbocycles. The highest BCUT2D eigenvalue weighted by atomic mass is 19.3. The third kappa shape index (κ3) is 2.57. The van der Waals surface area contributed by atoms with Crippen LogP contribution in [0.4, 0.5) is 20.4 Å². The van der Waals surface area contributed by atoms with E-state index in [1.54, 1.807) is 12.1 Å². The number of piperidine rings is 1. The molecule has 0 aromatic carbocycles. The third-order valence-electron chi connectivity index (χ3n) is 2.91. The van der Waals surface area contributed by atoms with Crippen LogP contribution in [-0.4, -0.2) is 31.1 Å². The molecular formula is C11H15F2N3O. The Labute approximate surface area is 98.4 Å². The molecule has 0 atom stereocenters. The van der Waals surface area contributed by atoms with Crippen molar-refractivity contribution in [1.82, 2.24) is 4.98 Å². The number of rotatable bonds is 2. The summed E-state index contributed by atoms with van der Waals surface area (Å²) in [4.78, 5) is 5.96. The van der Waals surface area contributed by atoms with Gasteiger partial charge in [0.05, 0.1) is 7.11 Å². The van der Waals surface area contributed by atoms with Crippen molar-refractivity contribution >= 4 is 11.6 Å². The van der Waals surface area contributed by atoms with Crippen LogP contribution >= 0.6 is 0 Å². The lowest BCUT2D eigenvalue weighted by Gasteiger charge is -2.32. The number of alkyl halides is 2. The minimum Gasteiger partial charge on any atom is -0.493 e. The molecule has 0 bridgehead atoms. The molecule has 6 heteroatoms. The number of hydrogen-bond acceptors (Lipinski definition) is 4. The number of halogens is 2. The molecule has 1 aromatic heterocycles. The van der Waals surface area contributed by atoms with Gasteiger partial charge in [0.15, 0.2) is 11.6 Å². The second-order valence-corrected chi connectivity index (χ2v) is 4.10. The van der Waals surface area contributed by atoms with Gasteiger partial charge in [-0.2, -0.15) is 0 Å². The van der Waals surface area contributed by atoms with E-state index in [9.17, 15) is 8.78 Å². The lowest BCUT2D eigenvalue weighted by atomic mass is 10.1. The molecule has 2 rings (SSSR count). The van der Waals surface area contributed by atoms with E-state index in [1.165, 1.54) is 7.11 Å². The number of nitrogens with two attached hydrogens (primary N) is 1. The van der Waals surface area contributed by atoms with Gasteiger partial charge in [-0.3, -0.25) is 0 Å². The fourth-order valence-electron chi connectivity index (χ4n) is 1.86. The predicted molar refractivity (Wildman–Crippen MR) is 61.6 cm³/mol. The second kappa shape index (κ2) is 4.35. The zero-order valence-corrected chi connectivity index (χ0v) is 9.62. The number of aromatic nitrogens is 1. The van der Waals surface area contributed by atoms with E-state index in [-0.39, 0.29) is 18.7 Å². The van der Waals surface area contributed by atoms with E-state index in [2.05, 4.69) is 4.98 Å². The Morgan fingerprint density at radius 2 is 2.00 bits per heavy atom. The van der Waals surface area contributed by atoms with Crippen LogP contribution in [0.15, 0.2) is 12.1 Å². The first kappa shape index (κ1) is 11.9. The van der Waals surface area contributed by atoms with Crippen LogP contribution < -0.4 is 15.4 Å². The fraction of sp³-hybridized carbons (Fsp3) is 0.545. The molecular weight excluding hydrogens is 228 g/mol. The third-order valence-corrected chi connectivity index (χ3v) is 2.91. The fourth-order valence-corrected chi connectivity index (χ4v) is 1.86. The van der Waals surface area contributed by atoms with Crippen LogP contribution in [-0.2, 0) is 0 Å². The topological polar surface area (TPSA) is 51.4 Å². The van der Waals surface area contributed by atoms with Gasteiger partial charge in [0.1, 0.15) is 5.82 Å². The van der Waals surface area contributed by atoms with Gasteiger partial charge < -0.3 is 15.4 Å². The highest BCUT2D eigenvalue weighted by Gasteiger charge is 2.34. The number of anilines is 2. The largest absolute Gasteiger partial charge is 0.493 e. The zero-order valence-electron chi connectivity index (χ0n) is 9.62. The van der Waals surface area contributed by atoms with E-state index in [0.717, 1.165) is 0 Å². The van der Waals surface area contributed by atoms with Crippen LogP contribution in [0, 0.1) is 0 Å². The maximum atomic E-state index is 13.0. The Hall–Kier alpha value is -1.59. The Balaban J connectivity index is 2.11. The monoisotopic (exact) mass is 243 g/mol. The van der Waals surface area contributed by atoms with Gasteiger partial charge in [-0.1, -0.05) is 0 Å². The van der Waals surface area contributed by atoms with Crippen molar-refractivity contribution in [2.45, 2.75) is 18.8 Å². The van der Waals surface area contributed by atoms with Crippen molar-refractivity contribution < 1.29 is 13.5 Å². The molecule has 1 fully saturated rings. The Morgan fingerprint density at radius 3 is 2.53 bits per heavy atom. The van der Waals surface area contributed by atoms with Gasteiger partial charge >= 0.3 is 0 Å².